The van der Waals surface area contributed by atoms with Crippen molar-refractivity contribution in [1.29, 1.82) is 0 Å². The number of hydrogen-bond donors (Lipinski definition) is 1. The van der Waals surface area contributed by atoms with Crippen LogP contribution in [0.2, 0.25) is 0 Å². The molecule has 0 aromatic rings. The lowest BCUT2D eigenvalue weighted by molar-refractivity contribution is -0.139. The van der Waals surface area contributed by atoms with Crippen LogP contribution in [-0.2, 0) is 9.53 Å². The summed E-state index contributed by atoms with van der Waals surface area (Å²) in [7, 11) is 0. The predicted octanol–water partition coefficient (Wildman–Crippen LogP) is 1.04. The average Bonchev–Trinajstić information content (AvgIpc) is 2.22. The first-order valence-electron chi connectivity index (χ1n) is 5.77. The lowest BCUT2D eigenvalue weighted by Gasteiger charge is -2.38. The quantitative estimate of drug-likeness (QED) is 0.759. The van der Waals surface area contributed by atoms with Crippen LogP contribution in [0.4, 0.5) is 0 Å². The number of halogens is 1. The first kappa shape index (κ1) is 15.7. The van der Waals surface area contributed by atoms with Gasteiger partial charge in [0, 0.05) is 31.8 Å². The highest BCUT2D eigenvalue weighted by Crippen LogP contribution is 2.09. The van der Waals surface area contributed by atoms with E-state index in [1.807, 2.05) is 11.8 Å². The van der Waals surface area contributed by atoms with Gasteiger partial charge in [-0.3, -0.25) is 4.79 Å². The molecule has 1 N–H and O–H groups in total. The van der Waals surface area contributed by atoms with Crippen LogP contribution in [0.15, 0.2) is 0 Å². The van der Waals surface area contributed by atoms with Gasteiger partial charge in [0.2, 0.25) is 5.91 Å². The van der Waals surface area contributed by atoms with Crippen LogP contribution in [0.3, 0.4) is 0 Å². The van der Waals surface area contributed by atoms with Crippen molar-refractivity contribution in [3.63, 3.8) is 0 Å². The molecule has 0 bridgehead atoms. The van der Waals surface area contributed by atoms with E-state index in [0.29, 0.717) is 12.6 Å². The number of carbonyl (C=O) groups excluding carboxylic acids is 1. The van der Waals surface area contributed by atoms with Crippen LogP contribution >= 0.6 is 12.4 Å². The Balaban J connectivity index is 0.00000225. The third kappa shape index (κ3) is 4.28. The number of hydrogen-bond acceptors (Lipinski definition) is 3. The molecule has 0 radical (unpaired) electrons. The second kappa shape index (κ2) is 7.87. The van der Waals surface area contributed by atoms with Crippen LogP contribution < -0.4 is 5.32 Å². The van der Waals surface area contributed by atoms with Gasteiger partial charge in [0.1, 0.15) is 6.61 Å². The highest BCUT2D eigenvalue weighted by Gasteiger charge is 2.27. The minimum absolute atomic E-state index is 0. The summed E-state index contributed by atoms with van der Waals surface area (Å²) in [6, 6.07) is 0.630. The lowest BCUT2D eigenvalue weighted by atomic mass is 10.1. The van der Waals surface area contributed by atoms with Gasteiger partial charge in [-0.2, -0.15) is 0 Å². The second-order valence-electron chi connectivity index (χ2n) is 4.12. The number of nitrogens with one attached hydrogen (secondary N) is 1. The van der Waals surface area contributed by atoms with Crippen LogP contribution in [0, 0.1) is 0 Å². The zero-order valence-electron chi connectivity index (χ0n) is 10.4. The Morgan fingerprint density at radius 2 is 2.19 bits per heavy atom. The van der Waals surface area contributed by atoms with Crippen molar-refractivity contribution in [2.75, 3.05) is 26.3 Å². The Morgan fingerprint density at radius 3 is 2.81 bits per heavy atom. The van der Waals surface area contributed by atoms with Crippen molar-refractivity contribution < 1.29 is 9.53 Å². The molecule has 1 rings (SSSR count). The highest BCUT2D eigenvalue weighted by atomic mass is 35.5. The molecule has 0 spiro atoms. The molecule has 2 unspecified atom stereocenters. The fourth-order valence-corrected chi connectivity index (χ4v) is 1.80. The van der Waals surface area contributed by atoms with Crippen LogP contribution in [0.5, 0.6) is 0 Å². The molecular formula is C11H23ClN2O2. The van der Waals surface area contributed by atoms with E-state index in [4.69, 9.17) is 4.74 Å². The number of piperazine rings is 1. The Hall–Kier alpha value is -0.320. The van der Waals surface area contributed by atoms with Gasteiger partial charge in [-0.1, -0.05) is 6.92 Å². The monoisotopic (exact) mass is 250 g/mol. The van der Waals surface area contributed by atoms with Gasteiger partial charge < -0.3 is 15.0 Å². The van der Waals surface area contributed by atoms with Gasteiger partial charge in [-0.15, -0.1) is 12.4 Å². The number of nitrogens with zero attached hydrogens (tertiary/aromatic N) is 1. The summed E-state index contributed by atoms with van der Waals surface area (Å²) in [5.41, 5.74) is 0. The molecule has 0 aromatic heterocycles. The Morgan fingerprint density at radius 1 is 1.50 bits per heavy atom. The summed E-state index contributed by atoms with van der Waals surface area (Å²) in [6.07, 6.45) is 0.959. The second-order valence-corrected chi connectivity index (χ2v) is 4.12. The number of carbonyl (C=O) groups is 1. The molecule has 4 nitrogen and oxygen atoms in total. The van der Waals surface area contributed by atoms with Crippen molar-refractivity contribution in [2.45, 2.75) is 39.3 Å². The zero-order chi connectivity index (χ0) is 11.3. The standard InChI is InChI=1S/C11H22N2O2.ClH/c1-4-7-15-8-11(14)13-6-5-12-9(2)10(13)3;/h9-10,12H,4-8H2,1-3H3;1H. The minimum Gasteiger partial charge on any atom is -0.372 e. The largest absolute Gasteiger partial charge is 0.372 e. The molecule has 1 aliphatic rings. The SMILES string of the molecule is CCCOCC(=O)N1CCNC(C)C1C.Cl. The Labute approximate surface area is 104 Å². The zero-order valence-corrected chi connectivity index (χ0v) is 11.2. The number of ether oxygens (including phenoxy) is 1. The lowest BCUT2D eigenvalue weighted by Crippen LogP contribution is -2.57. The van der Waals surface area contributed by atoms with Crippen molar-refractivity contribution in [3.05, 3.63) is 0 Å². The Kier molecular flexibility index (Phi) is 7.72. The maximum atomic E-state index is 11.8. The fourth-order valence-electron chi connectivity index (χ4n) is 1.80. The summed E-state index contributed by atoms with van der Waals surface area (Å²) in [6.45, 7) is 8.79. The van der Waals surface area contributed by atoms with E-state index in [0.717, 1.165) is 19.5 Å². The molecule has 1 heterocycles. The molecule has 0 aromatic carbocycles. The maximum Gasteiger partial charge on any atom is 0.248 e. The molecule has 1 fully saturated rings. The van der Waals surface area contributed by atoms with Crippen LogP contribution in [0.25, 0.3) is 0 Å². The molecule has 2 atom stereocenters. The molecule has 16 heavy (non-hydrogen) atoms. The van der Waals surface area contributed by atoms with Crippen molar-refractivity contribution in [2.24, 2.45) is 0 Å². The van der Waals surface area contributed by atoms with Gasteiger partial charge in [0.25, 0.3) is 0 Å². The van der Waals surface area contributed by atoms with Crippen molar-refractivity contribution in [1.82, 2.24) is 10.2 Å². The molecular weight excluding hydrogens is 228 g/mol. The van der Waals surface area contributed by atoms with E-state index in [-0.39, 0.29) is 31.0 Å². The molecule has 0 aliphatic carbocycles. The van der Waals surface area contributed by atoms with Gasteiger partial charge in [0.15, 0.2) is 0 Å². The van der Waals surface area contributed by atoms with Gasteiger partial charge in [-0.25, -0.2) is 0 Å². The molecule has 0 saturated carbocycles. The van der Waals surface area contributed by atoms with E-state index in [9.17, 15) is 4.79 Å². The van der Waals surface area contributed by atoms with E-state index < -0.39 is 0 Å². The van der Waals surface area contributed by atoms with E-state index in [1.165, 1.54) is 0 Å². The predicted molar refractivity (Wildman–Crippen MR) is 67.0 cm³/mol. The molecule has 1 amide bonds. The first-order chi connectivity index (χ1) is 7.16. The number of amides is 1. The normalized spacial score (nSPS) is 25.1. The smallest absolute Gasteiger partial charge is 0.248 e. The topological polar surface area (TPSA) is 41.6 Å². The van der Waals surface area contributed by atoms with Gasteiger partial charge in [-0.05, 0) is 20.3 Å². The Bertz CT molecular complexity index is 214. The van der Waals surface area contributed by atoms with Crippen molar-refractivity contribution >= 4 is 18.3 Å². The fraction of sp³-hybridized carbons (Fsp3) is 0.909. The van der Waals surface area contributed by atoms with E-state index in [1.54, 1.807) is 0 Å². The van der Waals surface area contributed by atoms with Crippen LogP contribution in [-0.4, -0.2) is 49.2 Å². The van der Waals surface area contributed by atoms with E-state index in [2.05, 4.69) is 19.2 Å². The minimum atomic E-state index is 0. The molecule has 1 saturated heterocycles. The van der Waals surface area contributed by atoms with Gasteiger partial charge >= 0.3 is 0 Å². The van der Waals surface area contributed by atoms with Gasteiger partial charge in [0.05, 0.1) is 0 Å². The third-order valence-electron chi connectivity index (χ3n) is 2.93. The summed E-state index contributed by atoms with van der Waals surface area (Å²) >= 11 is 0. The number of rotatable bonds is 4. The molecule has 1 aliphatic heterocycles. The molecule has 96 valence electrons. The summed E-state index contributed by atoms with van der Waals surface area (Å²) in [5.74, 6) is 0.115. The summed E-state index contributed by atoms with van der Waals surface area (Å²) in [5, 5.41) is 3.35. The van der Waals surface area contributed by atoms with Crippen molar-refractivity contribution in [3.8, 4) is 0 Å². The maximum absolute atomic E-state index is 11.8. The summed E-state index contributed by atoms with van der Waals surface area (Å²) < 4.78 is 5.27. The molecule has 5 heteroatoms. The first-order valence-corrected chi connectivity index (χ1v) is 5.77. The third-order valence-corrected chi connectivity index (χ3v) is 2.93. The average molecular weight is 251 g/mol. The van der Waals surface area contributed by atoms with E-state index >= 15 is 0 Å². The van der Waals surface area contributed by atoms with Crippen LogP contribution in [0.1, 0.15) is 27.2 Å². The highest BCUT2D eigenvalue weighted by molar-refractivity contribution is 5.85. The summed E-state index contributed by atoms with van der Waals surface area (Å²) in [4.78, 5) is 13.7.